The molecule has 5 nitrogen and oxygen atoms in total. The molecule has 1 aliphatic heterocycles. The lowest BCUT2D eigenvalue weighted by atomic mass is 9.74. The minimum absolute atomic E-state index is 0.0433. The summed E-state index contributed by atoms with van der Waals surface area (Å²) in [5.41, 5.74) is -0.0139. The van der Waals surface area contributed by atoms with Crippen LogP contribution in [0.1, 0.15) is 29.6 Å². The minimum Gasteiger partial charge on any atom is -0.396 e. The largest absolute Gasteiger partial charge is 0.396 e. The number of nitrogens with zero attached hydrogens (tertiary/aromatic N) is 1. The molecule has 5 heteroatoms. The van der Waals surface area contributed by atoms with Gasteiger partial charge in [0.1, 0.15) is 0 Å². The molecule has 140 valence electrons. The Labute approximate surface area is 154 Å². The van der Waals surface area contributed by atoms with Crippen LogP contribution in [0.4, 0.5) is 0 Å². The number of fused-ring (bicyclic) bond motifs is 1. The van der Waals surface area contributed by atoms with Gasteiger partial charge in [-0.05, 0) is 36.1 Å². The highest BCUT2D eigenvalue weighted by Crippen LogP contribution is 2.35. The lowest BCUT2D eigenvalue weighted by Gasteiger charge is -2.45. The van der Waals surface area contributed by atoms with Crippen molar-refractivity contribution in [3.8, 4) is 0 Å². The Morgan fingerprint density at radius 1 is 1.27 bits per heavy atom. The molecular formula is C21H27NO4. The van der Waals surface area contributed by atoms with Gasteiger partial charge in [0, 0.05) is 37.8 Å². The fourth-order valence-electron chi connectivity index (χ4n) is 3.95. The fourth-order valence-corrected chi connectivity index (χ4v) is 3.95. The van der Waals surface area contributed by atoms with E-state index in [9.17, 15) is 15.0 Å². The summed E-state index contributed by atoms with van der Waals surface area (Å²) in [6.07, 6.45) is 1.23. The summed E-state index contributed by atoms with van der Waals surface area (Å²) in [6, 6.07) is 13.6. The van der Waals surface area contributed by atoms with E-state index in [1.54, 1.807) is 12.0 Å². The number of rotatable bonds is 6. The van der Waals surface area contributed by atoms with Crippen LogP contribution < -0.4 is 0 Å². The van der Waals surface area contributed by atoms with Gasteiger partial charge in [0.15, 0.2) is 0 Å². The molecule has 2 N–H and O–H groups in total. The minimum atomic E-state index is -0.684. The van der Waals surface area contributed by atoms with Crippen molar-refractivity contribution in [2.24, 2.45) is 5.41 Å². The Bertz CT molecular complexity index is 757. The predicted octanol–water partition coefficient (Wildman–Crippen LogP) is 2.45. The number of amides is 1. The van der Waals surface area contributed by atoms with Gasteiger partial charge in [-0.3, -0.25) is 4.79 Å². The van der Waals surface area contributed by atoms with Gasteiger partial charge in [-0.1, -0.05) is 36.4 Å². The number of carbonyl (C=O) groups is 1. The third-order valence-corrected chi connectivity index (χ3v) is 5.53. The zero-order valence-corrected chi connectivity index (χ0v) is 15.2. The van der Waals surface area contributed by atoms with E-state index < -0.39 is 11.5 Å². The van der Waals surface area contributed by atoms with Crippen LogP contribution in [0.3, 0.4) is 0 Å². The van der Waals surface area contributed by atoms with E-state index in [1.165, 1.54) is 0 Å². The molecule has 0 aliphatic carbocycles. The van der Waals surface area contributed by atoms with Crippen molar-refractivity contribution >= 4 is 16.7 Å². The molecule has 26 heavy (non-hydrogen) atoms. The maximum absolute atomic E-state index is 13.2. The topological polar surface area (TPSA) is 70.0 Å². The van der Waals surface area contributed by atoms with Gasteiger partial charge in [-0.2, -0.15) is 0 Å². The maximum Gasteiger partial charge on any atom is 0.254 e. The van der Waals surface area contributed by atoms with Crippen LogP contribution in [0.15, 0.2) is 42.5 Å². The Morgan fingerprint density at radius 2 is 2.04 bits per heavy atom. The highest BCUT2D eigenvalue weighted by Gasteiger charge is 2.43. The van der Waals surface area contributed by atoms with Crippen LogP contribution in [-0.2, 0) is 4.74 Å². The van der Waals surface area contributed by atoms with Crippen molar-refractivity contribution in [2.75, 3.05) is 33.4 Å². The first-order valence-corrected chi connectivity index (χ1v) is 9.16. The number of aliphatic hydroxyl groups excluding tert-OH is 2. The lowest BCUT2D eigenvalue weighted by molar-refractivity contribution is -0.0744. The summed E-state index contributed by atoms with van der Waals surface area (Å²) in [7, 11) is 1.64. The van der Waals surface area contributed by atoms with Gasteiger partial charge >= 0.3 is 0 Å². The Morgan fingerprint density at radius 3 is 2.81 bits per heavy atom. The molecule has 0 aromatic heterocycles. The van der Waals surface area contributed by atoms with Crippen LogP contribution in [0.5, 0.6) is 0 Å². The molecule has 0 radical (unpaired) electrons. The Kier molecular flexibility index (Phi) is 5.91. The number of ether oxygens (including phenoxy) is 1. The average molecular weight is 357 g/mol. The molecule has 1 fully saturated rings. The van der Waals surface area contributed by atoms with E-state index in [-0.39, 0.29) is 12.5 Å². The number of likely N-dealkylation sites (tertiary alicyclic amines) is 1. The summed E-state index contributed by atoms with van der Waals surface area (Å²) in [5, 5.41) is 22.5. The van der Waals surface area contributed by atoms with Crippen molar-refractivity contribution in [3.05, 3.63) is 48.0 Å². The van der Waals surface area contributed by atoms with Crippen LogP contribution in [0.2, 0.25) is 0 Å². The molecule has 1 heterocycles. The molecule has 2 aromatic rings. The molecule has 1 aliphatic rings. The van der Waals surface area contributed by atoms with Gasteiger partial charge < -0.3 is 19.8 Å². The number of piperidine rings is 1. The number of hydrogen-bond acceptors (Lipinski definition) is 4. The zero-order valence-electron chi connectivity index (χ0n) is 15.2. The summed E-state index contributed by atoms with van der Waals surface area (Å²) in [5.74, 6) is -0.0433. The van der Waals surface area contributed by atoms with Crippen molar-refractivity contribution in [2.45, 2.75) is 25.4 Å². The predicted molar refractivity (Wildman–Crippen MR) is 101 cm³/mol. The number of aliphatic hydroxyl groups is 2. The Balaban J connectivity index is 1.85. The second kappa shape index (κ2) is 8.16. The second-order valence-corrected chi connectivity index (χ2v) is 7.17. The normalized spacial score (nSPS) is 23.3. The molecule has 0 bridgehead atoms. The van der Waals surface area contributed by atoms with Crippen molar-refractivity contribution in [3.63, 3.8) is 0 Å². The molecule has 1 amide bonds. The van der Waals surface area contributed by atoms with Gasteiger partial charge in [0.2, 0.25) is 0 Å². The van der Waals surface area contributed by atoms with Crippen molar-refractivity contribution in [1.29, 1.82) is 0 Å². The molecular weight excluding hydrogens is 330 g/mol. The standard InChI is InChI=1S/C21H27NO4/c1-26-13-5-11-21(15-23)14-22(12-10-19(21)24)20(25)18-9-4-7-16-6-2-3-8-17(16)18/h2-4,6-9,19,23-24H,5,10-15H2,1H3/t19-,21+/m1/s1. The molecule has 0 saturated carbocycles. The third-order valence-electron chi connectivity index (χ3n) is 5.53. The molecule has 3 rings (SSSR count). The maximum atomic E-state index is 13.2. The first-order chi connectivity index (χ1) is 12.6. The molecule has 2 atom stereocenters. The van der Waals surface area contributed by atoms with Crippen LogP contribution in [0, 0.1) is 5.41 Å². The number of carbonyl (C=O) groups excluding carboxylic acids is 1. The number of benzene rings is 2. The fraction of sp³-hybridized carbons (Fsp3) is 0.476. The summed E-state index contributed by atoms with van der Waals surface area (Å²) < 4.78 is 5.11. The van der Waals surface area contributed by atoms with Gasteiger partial charge in [-0.15, -0.1) is 0 Å². The molecule has 2 aromatic carbocycles. The summed E-state index contributed by atoms with van der Waals surface area (Å²) in [4.78, 5) is 15.0. The first-order valence-electron chi connectivity index (χ1n) is 9.16. The molecule has 1 saturated heterocycles. The zero-order chi connectivity index (χ0) is 18.6. The van der Waals surface area contributed by atoms with Crippen molar-refractivity contribution in [1.82, 2.24) is 4.90 Å². The SMILES string of the molecule is COCCC[C@@]1(CO)CN(C(=O)c2cccc3ccccc23)CC[C@H]1O. The quantitative estimate of drug-likeness (QED) is 0.779. The van der Waals surface area contributed by atoms with Crippen molar-refractivity contribution < 1.29 is 19.7 Å². The second-order valence-electron chi connectivity index (χ2n) is 7.17. The van der Waals surface area contributed by atoms with E-state index in [1.807, 2.05) is 42.5 Å². The highest BCUT2D eigenvalue weighted by molar-refractivity contribution is 6.07. The number of hydrogen-bond donors (Lipinski definition) is 2. The molecule has 0 spiro atoms. The summed E-state index contributed by atoms with van der Waals surface area (Å²) >= 11 is 0. The van der Waals surface area contributed by atoms with E-state index in [0.717, 1.165) is 17.2 Å². The lowest BCUT2D eigenvalue weighted by Crippen LogP contribution is -2.55. The Hall–Kier alpha value is -1.95. The highest BCUT2D eigenvalue weighted by atomic mass is 16.5. The smallest absolute Gasteiger partial charge is 0.254 e. The number of methoxy groups -OCH3 is 1. The van der Waals surface area contributed by atoms with Gasteiger partial charge in [0.05, 0.1) is 12.7 Å². The van der Waals surface area contributed by atoms with Crippen LogP contribution in [0.25, 0.3) is 10.8 Å². The van der Waals surface area contributed by atoms with E-state index in [2.05, 4.69) is 0 Å². The van der Waals surface area contributed by atoms with E-state index in [0.29, 0.717) is 38.1 Å². The monoisotopic (exact) mass is 357 g/mol. The third kappa shape index (κ3) is 3.61. The first kappa shape index (κ1) is 18.8. The van der Waals surface area contributed by atoms with Crippen LogP contribution >= 0.6 is 0 Å². The van der Waals surface area contributed by atoms with E-state index in [4.69, 9.17) is 4.74 Å². The van der Waals surface area contributed by atoms with Gasteiger partial charge in [0.25, 0.3) is 5.91 Å². The summed E-state index contributed by atoms with van der Waals surface area (Å²) in [6.45, 7) is 1.29. The van der Waals surface area contributed by atoms with Gasteiger partial charge in [-0.25, -0.2) is 0 Å². The van der Waals surface area contributed by atoms with E-state index >= 15 is 0 Å². The average Bonchev–Trinajstić information content (AvgIpc) is 2.68. The molecule has 0 unspecified atom stereocenters. The van der Waals surface area contributed by atoms with Crippen LogP contribution in [-0.4, -0.2) is 60.5 Å².